The van der Waals surface area contributed by atoms with Gasteiger partial charge in [0.1, 0.15) is 11.8 Å². The van der Waals surface area contributed by atoms with Gasteiger partial charge >= 0.3 is 5.97 Å². The number of carbonyl (C=O) groups is 2. The molecule has 1 atom stereocenters. The number of hydrogen-bond donors (Lipinski definition) is 0. The van der Waals surface area contributed by atoms with Gasteiger partial charge in [-0.1, -0.05) is 27.5 Å². The van der Waals surface area contributed by atoms with Gasteiger partial charge in [0.05, 0.1) is 18.7 Å². The first-order chi connectivity index (χ1) is 11.0. The zero-order valence-corrected chi connectivity index (χ0v) is 15.2. The molecule has 1 fully saturated rings. The number of amides is 1. The van der Waals surface area contributed by atoms with E-state index in [1.807, 2.05) is 6.07 Å². The van der Waals surface area contributed by atoms with E-state index in [0.29, 0.717) is 43.2 Å². The SMILES string of the molecule is COC(=O)C1CCCN1C(=O)CCCOc1ccc(Br)cc1Cl. The summed E-state index contributed by atoms with van der Waals surface area (Å²) in [5.74, 6) is 0.216. The van der Waals surface area contributed by atoms with Crippen LogP contribution in [0.2, 0.25) is 5.02 Å². The van der Waals surface area contributed by atoms with Crippen molar-refractivity contribution >= 4 is 39.4 Å². The van der Waals surface area contributed by atoms with E-state index in [1.165, 1.54) is 7.11 Å². The lowest BCUT2D eigenvalue weighted by Gasteiger charge is -2.22. The third-order valence-electron chi connectivity index (χ3n) is 3.73. The van der Waals surface area contributed by atoms with Gasteiger partial charge in [-0.2, -0.15) is 0 Å². The summed E-state index contributed by atoms with van der Waals surface area (Å²) in [6.07, 6.45) is 2.40. The maximum absolute atomic E-state index is 12.2. The number of methoxy groups -OCH3 is 1. The van der Waals surface area contributed by atoms with E-state index in [4.69, 9.17) is 21.1 Å². The Hall–Kier alpha value is -1.27. The van der Waals surface area contributed by atoms with Gasteiger partial charge in [-0.3, -0.25) is 4.79 Å². The van der Waals surface area contributed by atoms with Crippen LogP contribution >= 0.6 is 27.5 Å². The van der Waals surface area contributed by atoms with Crippen LogP contribution in [0.25, 0.3) is 0 Å². The Morgan fingerprint density at radius 1 is 1.43 bits per heavy atom. The first kappa shape index (κ1) is 18.1. The van der Waals surface area contributed by atoms with Crippen LogP contribution in [0.3, 0.4) is 0 Å². The van der Waals surface area contributed by atoms with Gasteiger partial charge in [0, 0.05) is 17.4 Å². The molecule has 0 bridgehead atoms. The second-order valence-electron chi connectivity index (χ2n) is 5.30. The van der Waals surface area contributed by atoms with Crippen molar-refractivity contribution in [3.8, 4) is 5.75 Å². The predicted molar refractivity (Wildman–Crippen MR) is 90.6 cm³/mol. The van der Waals surface area contributed by atoms with E-state index in [9.17, 15) is 9.59 Å². The maximum atomic E-state index is 12.2. The lowest BCUT2D eigenvalue weighted by atomic mass is 10.2. The summed E-state index contributed by atoms with van der Waals surface area (Å²) < 4.78 is 11.2. The number of ether oxygens (including phenoxy) is 2. The molecule has 1 unspecified atom stereocenters. The highest BCUT2D eigenvalue weighted by Crippen LogP contribution is 2.28. The highest BCUT2D eigenvalue weighted by atomic mass is 79.9. The third-order valence-corrected chi connectivity index (χ3v) is 4.52. The summed E-state index contributed by atoms with van der Waals surface area (Å²) in [5.41, 5.74) is 0. The van der Waals surface area contributed by atoms with Crippen LogP contribution in [0.4, 0.5) is 0 Å². The lowest BCUT2D eigenvalue weighted by Crippen LogP contribution is -2.41. The van der Waals surface area contributed by atoms with Gasteiger partial charge in [0.25, 0.3) is 0 Å². The Morgan fingerprint density at radius 2 is 2.22 bits per heavy atom. The minimum Gasteiger partial charge on any atom is -0.492 e. The largest absolute Gasteiger partial charge is 0.492 e. The molecule has 0 saturated carbocycles. The average molecular weight is 405 g/mol. The van der Waals surface area contributed by atoms with E-state index < -0.39 is 6.04 Å². The molecular formula is C16H19BrClNO4. The standard InChI is InChI=1S/C16H19BrClNO4/c1-22-16(21)13-4-2-8-19(13)15(20)5-3-9-23-14-7-6-11(17)10-12(14)18/h6-7,10,13H,2-5,8-9H2,1H3. The van der Waals surface area contributed by atoms with E-state index in [0.717, 1.165) is 10.9 Å². The topological polar surface area (TPSA) is 55.8 Å². The summed E-state index contributed by atoms with van der Waals surface area (Å²) in [6.45, 7) is 1.00. The number of hydrogen-bond acceptors (Lipinski definition) is 4. The van der Waals surface area contributed by atoms with Gasteiger partial charge in [-0.15, -0.1) is 0 Å². The van der Waals surface area contributed by atoms with Gasteiger partial charge in [-0.25, -0.2) is 4.79 Å². The predicted octanol–water partition coefficient (Wildman–Crippen LogP) is 3.43. The first-order valence-corrected chi connectivity index (χ1v) is 8.65. The zero-order valence-electron chi connectivity index (χ0n) is 12.9. The van der Waals surface area contributed by atoms with Gasteiger partial charge < -0.3 is 14.4 Å². The number of halogens is 2. The van der Waals surface area contributed by atoms with Crippen molar-refractivity contribution in [3.05, 3.63) is 27.7 Å². The minimum absolute atomic E-state index is 0.0385. The molecule has 7 heteroatoms. The molecule has 126 valence electrons. The van der Waals surface area contributed by atoms with Crippen molar-refractivity contribution < 1.29 is 19.1 Å². The summed E-state index contributed by atoms with van der Waals surface area (Å²) in [5, 5.41) is 0.524. The Balaban J connectivity index is 1.77. The van der Waals surface area contributed by atoms with Crippen molar-refractivity contribution in [1.29, 1.82) is 0 Å². The van der Waals surface area contributed by atoms with Gasteiger partial charge in [-0.05, 0) is 37.5 Å². The summed E-state index contributed by atoms with van der Waals surface area (Å²) in [6, 6.07) is 4.95. The molecule has 1 amide bonds. The van der Waals surface area contributed by atoms with Crippen molar-refractivity contribution in [3.63, 3.8) is 0 Å². The van der Waals surface area contributed by atoms with Crippen LogP contribution in [0.15, 0.2) is 22.7 Å². The Kier molecular flexibility index (Phi) is 6.72. The molecule has 1 heterocycles. The summed E-state index contributed by atoms with van der Waals surface area (Å²) in [7, 11) is 1.35. The maximum Gasteiger partial charge on any atom is 0.328 e. The van der Waals surface area contributed by atoms with Crippen LogP contribution < -0.4 is 4.74 Å². The molecule has 1 aliphatic heterocycles. The summed E-state index contributed by atoms with van der Waals surface area (Å²) >= 11 is 9.39. The quantitative estimate of drug-likeness (QED) is 0.538. The molecule has 0 radical (unpaired) electrons. The van der Waals surface area contributed by atoms with Gasteiger partial charge in [0.2, 0.25) is 5.91 Å². The van der Waals surface area contributed by atoms with Crippen LogP contribution in [-0.4, -0.2) is 43.1 Å². The number of rotatable bonds is 6. The van der Waals surface area contributed by atoms with Crippen molar-refractivity contribution in [1.82, 2.24) is 4.90 Å². The first-order valence-electron chi connectivity index (χ1n) is 7.48. The van der Waals surface area contributed by atoms with Crippen molar-refractivity contribution in [2.45, 2.75) is 31.7 Å². The molecular weight excluding hydrogens is 386 g/mol. The van der Waals surface area contributed by atoms with Crippen LogP contribution in [0.5, 0.6) is 5.75 Å². The zero-order chi connectivity index (χ0) is 16.8. The van der Waals surface area contributed by atoms with Crippen LogP contribution in [0.1, 0.15) is 25.7 Å². The molecule has 5 nitrogen and oxygen atoms in total. The molecule has 1 aromatic rings. The summed E-state index contributed by atoms with van der Waals surface area (Å²) in [4.78, 5) is 25.5. The molecule has 0 aromatic heterocycles. The Labute approximate surface area is 149 Å². The number of likely N-dealkylation sites (tertiary alicyclic amines) is 1. The Morgan fingerprint density at radius 3 is 2.91 bits per heavy atom. The van der Waals surface area contributed by atoms with Crippen LogP contribution in [-0.2, 0) is 14.3 Å². The molecule has 1 aromatic carbocycles. The second-order valence-corrected chi connectivity index (χ2v) is 6.62. The molecule has 1 aliphatic rings. The normalized spacial score (nSPS) is 17.2. The highest BCUT2D eigenvalue weighted by Gasteiger charge is 2.34. The Bertz CT molecular complexity index is 581. The molecule has 2 rings (SSSR count). The van der Waals surface area contributed by atoms with E-state index in [-0.39, 0.29) is 11.9 Å². The molecule has 0 N–H and O–H groups in total. The fraction of sp³-hybridized carbons (Fsp3) is 0.500. The molecule has 1 saturated heterocycles. The fourth-order valence-electron chi connectivity index (χ4n) is 2.59. The fourth-order valence-corrected chi connectivity index (χ4v) is 3.32. The van der Waals surface area contributed by atoms with E-state index in [1.54, 1.807) is 17.0 Å². The van der Waals surface area contributed by atoms with Crippen molar-refractivity contribution in [2.75, 3.05) is 20.3 Å². The number of benzene rings is 1. The molecule has 0 spiro atoms. The van der Waals surface area contributed by atoms with E-state index in [2.05, 4.69) is 15.9 Å². The number of nitrogens with zero attached hydrogens (tertiary/aromatic N) is 1. The average Bonchev–Trinajstić information content (AvgIpc) is 3.02. The minimum atomic E-state index is -0.436. The molecule has 0 aliphatic carbocycles. The second kappa shape index (κ2) is 8.55. The molecule has 23 heavy (non-hydrogen) atoms. The highest BCUT2D eigenvalue weighted by molar-refractivity contribution is 9.10. The number of esters is 1. The number of carbonyl (C=O) groups excluding carboxylic acids is 2. The van der Waals surface area contributed by atoms with Gasteiger partial charge in [0.15, 0.2) is 0 Å². The lowest BCUT2D eigenvalue weighted by molar-refractivity contribution is -0.151. The van der Waals surface area contributed by atoms with Crippen LogP contribution in [0, 0.1) is 0 Å². The monoisotopic (exact) mass is 403 g/mol. The smallest absolute Gasteiger partial charge is 0.328 e. The van der Waals surface area contributed by atoms with E-state index >= 15 is 0 Å². The third kappa shape index (κ3) is 4.85. The van der Waals surface area contributed by atoms with Crippen molar-refractivity contribution in [2.24, 2.45) is 0 Å².